The number of esters is 1. The topological polar surface area (TPSA) is 51.2 Å². The summed E-state index contributed by atoms with van der Waals surface area (Å²) >= 11 is 3.20. The average Bonchev–Trinajstić information content (AvgIpc) is 2.95. The molecule has 0 aliphatic carbocycles. The van der Waals surface area contributed by atoms with Gasteiger partial charge in [0.25, 0.3) is 0 Å². The van der Waals surface area contributed by atoms with Crippen LogP contribution in [0.15, 0.2) is 11.4 Å². The molecule has 6 heteroatoms. The Morgan fingerprint density at radius 2 is 2.21 bits per heavy atom. The molecule has 0 saturated heterocycles. The Morgan fingerprint density at radius 3 is 2.79 bits per heavy atom. The predicted octanol–water partition coefficient (Wildman–Crippen LogP) is 3.78. The Hall–Kier alpha value is -1.40. The van der Waals surface area contributed by atoms with Gasteiger partial charge in [0.05, 0.1) is 13.2 Å². The zero-order valence-corrected chi connectivity index (χ0v) is 12.9. The smallest absolute Gasteiger partial charge is 0.357 e. The Morgan fingerprint density at radius 1 is 1.47 bits per heavy atom. The molecule has 1 unspecified atom stereocenters. The number of anilines is 1. The van der Waals surface area contributed by atoms with Gasteiger partial charge in [-0.3, -0.25) is 0 Å². The van der Waals surface area contributed by atoms with E-state index in [0.29, 0.717) is 5.69 Å². The fourth-order valence-corrected chi connectivity index (χ4v) is 3.67. The lowest BCUT2D eigenvalue weighted by Crippen LogP contribution is -2.07. The van der Waals surface area contributed by atoms with Crippen LogP contribution in [0.3, 0.4) is 0 Å². The molecule has 0 amide bonds. The zero-order chi connectivity index (χ0) is 14.0. The Kier molecular flexibility index (Phi) is 4.21. The third-order valence-electron chi connectivity index (χ3n) is 2.78. The van der Waals surface area contributed by atoms with Crippen LogP contribution in [0.1, 0.15) is 38.8 Å². The maximum atomic E-state index is 11.3. The van der Waals surface area contributed by atoms with Crippen LogP contribution in [0, 0.1) is 13.8 Å². The van der Waals surface area contributed by atoms with E-state index in [1.165, 1.54) is 33.8 Å². The van der Waals surface area contributed by atoms with Crippen molar-refractivity contribution in [3.05, 3.63) is 32.5 Å². The largest absolute Gasteiger partial charge is 0.464 e. The molecule has 0 aromatic carbocycles. The first-order chi connectivity index (χ1) is 9.01. The summed E-state index contributed by atoms with van der Waals surface area (Å²) in [4.78, 5) is 18.2. The fourth-order valence-electron chi connectivity index (χ4n) is 1.88. The molecule has 0 bridgehead atoms. The molecular formula is C13H16N2O2S2. The van der Waals surface area contributed by atoms with Gasteiger partial charge in [0.2, 0.25) is 0 Å². The second kappa shape index (κ2) is 5.71. The molecule has 2 aromatic rings. The third-order valence-corrected chi connectivity index (χ3v) is 4.54. The van der Waals surface area contributed by atoms with Gasteiger partial charge < -0.3 is 10.1 Å². The van der Waals surface area contributed by atoms with Crippen LogP contribution in [0.2, 0.25) is 0 Å². The molecule has 0 radical (unpaired) electrons. The summed E-state index contributed by atoms with van der Waals surface area (Å²) in [6.07, 6.45) is 0. The highest BCUT2D eigenvalue weighted by molar-refractivity contribution is 7.14. The van der Waals surface area contributed by atoms with Gasteiger partial charge in [0.1, 0.15) is 0 Å². The number of ether oxygens (including phenoxy) is 1. The molecule has 2 rings (SSSR count). The second-order valence-corrected chi connectivity index (χ2v) is 6.58. The molecule has 1 atom stereocenters. The second-order valence-electron chi connectivity index (χ2n) is 4.26. The first kappa shape index (κ1) is 14.0. The Bertz CT molecular complexity index is 589. The number of thiophene rings is 1. The molecular weight excluding hydrogens is 280 g/mol. The third kappa shape index (κ3) is 3.13. The van der Waals surface area contributed by atoms with Crippen LogP contribution < -0.4 is 5.32 Å². The van der Waals surface area contributed by atoms with E-state index in [0.717, 1.165) is 5.13 Å². The standard InChI is InChI=1S/C13H16N2O2S2/c1-7-5-10(9(3)19-7)8(2)14-13-15-11(6-18-13)12(16)17-4/h5-6,8H,1-4H3,(H,14,15). The van der Waals surface area contributed by atoms with Crippen LogP contribution in [-0.4, -0.2) is 18.1 Å². The quantitative estimate of drug-likeness (QED) is 0.872. The maximum absolute atomic E-state index is 11.3. The van der Waals surface area contributed by atoms with Crippen molar-refractivity contribution in [3.8, 4) is 0 Å². The number of carbonyl (C=O) groups excluding carboxylic acids is 1. The van der Waals surface area contributed by atoms with Gasteiger partial charge in [-0.2, -0.15) is 0 Å². The van der Waals surface area contributed by atoms with Crippen molar-refractivity contribution < 1.29 is 9.53 Å². The van der Waals surface area contributed by atoms with E-state index < -0.39 is 5.97 Å². The van der Waals surface area contributed by atoms with Gasteiger partial charge in [-0.1, -0.05) is 0 Å². The van der Waals surface area contributed by atoms with E-state index in [4.69, 9.17) is 0 Å². The molecule has 0 saturated carbocycles. The number of nitrogens with one attached hydrogen (secondary N) is 1. The molecule has 0 aliphatic heterocycles. The number of hydrogen-bond donors (Lipinski definition) is 1. The summed E-state index contributed by atoms with van der Waals surface area (Å²) < 4.78 is 4.64. The van der Waals surface area contributed by atoms with E-state index in [1.54, 1.807) is 16.7 Å². The SMILES string of the molecule is COC(=O)c1csc(NC(C)c2cc(C)sc2C)n1. The van der Waals surface area contributed by atoms with Gasteiger partial charge in [0, 0.05) is 15.1 Å². The van der Waals surface area contributed by atoms with Crippen LogP contribution in [0.4, 0.5) is 5.13 Å². The number of aromatic nitrogens is 1. The van der Waals surface area contributed by atoms with Crippen molar-refractivity contribution in [2.75, 3.05) is 12.4 Å². The molecule has 19 heavy (non-hydrogen) atoms. The first-order valence-electron chi connectivity index (χ1n) is 5.88. The lowest BCUT2D eigenvalue weighted by atomic mass is 10.1. The van der Waals surface area contributed by atoms with Crippen molar-refractivity contribution in [3.63, 3.8) is 0 Å². The molecule has 0 aliphatic rings. The van der Waals surface area contributed by atoms with Crippen LogP contribution in [-0.2, 0) is 4.74 Å². The zero-order valence-electron chi connectivity index (χ0n) is 11.3. The molecule has 2 aromatic heterocycles. The predicted molar refractivity (Wildman–Crippen MR) is 79.3 cm³/mol. The van der Waals surface area contributed by atoms with Gasteiger partial charge in [-0.05, 0) is 32.4 Å². The lowest BCUT2D eigenvalue weighted by molar-refractivity contribution is 0.0595. The van der Waals surface area contributed by atoms with Crippen LogP contribution >= 0.6 is 22.7 Å². The highest BCUT2D eigenvalue weighted by Crippen LogP contribution is 2.29. The lowest BCUT2D eigenvalue weighted by Gasteiger charge is -2.12. The van der Waals surface area contributed by atoms with E-state index in [9.17, 15) is 4.79 Å². The highest BCUT2D eigenvalue weighted by atomic mass is 32.1. The minimum absolute atomic E-state index is 0.168. The number of aryl methyl sites for hydroxylation is 2. The minimum Gasteiger partial charge on any atom is -0.464 e. The fraction of sp³-hybridized carbons (Fsp3) is 0.385. The number of rotatable bonds is 4. The number of hydrogen-bond acceptors (Lipinski definition) is 6. The van der Waals surface area contributed by atoms with Gasteiger partial charge in [0.15, 0.2) is 10.8 Å². The van der Waals surface area contributed by atoms with Crippen molar-refractivity contribution >= 4 is 33.8 Å². The summed E-state index contributed by atoms with van der Waals surface area (Å²) in [5.74, 6) is -0.403. The van der Waals surface area contributed by atoms with Crippen molar-refractivity contribution in [2.45, 2.75) is 26.8 Å². The van der Waals surface area contributed by atoms with E-state index in [-0.39, 0.29) is 6.04 Å². The van der Waals surface area contributed by atoms with E-state index in [2.05, 4.69) is 41.9 Å². The number of methoxy groups -OCH3 is 1. The molecule has 4 nitrogen and oxygen atoms in total. The van der Waals surface area contributed by atoms with Crippen molar-refractivity contribution in [2.24, 2.45) is 0 Å². The monoisotopic (exact) mass is 296 g/mol. The summed E-state index contributed by atoms with van der Waals surface area (Å²) in [6, 6.07) is 2.36. The van der Waals surface area contributed by atoms with Gasteiger partial charge in [-0.25, -0.2) is 9.78 Å². The number of thiazole rings is 1. The van der Waals surface area contributed by atoms with Crippen LogP contribution in [0.5, 0.6) is 0 Å². The van der Waals surface area contributed by atoms with E-state index >= 15 is 0 Å². The van der Waals surface area contributed by atoms with Gasteiger partial charge in [-0.15, -0.1) is 22.7 Å². The molecule has 102 valence electrons. The summed E-state index contributed by atoms with van der Waals surface area (Å²) in [5.41, 5.74) is 1.62. The minimum atomic E-state index is -0.403. The molecule has 2 heterocycles. The van der Waals surface area contributed by atoms with E-state index in [1.807, 2.05) is 0 Å². The number of carbonyl (C=O) groups is 1. The molecule has 0 spiro atoms. The van der Waals surface area contributed by atoms with Crippen LogP contribution in [0.25, 0.3) is 0 Å². The first-order valence-corrected chi connectivity index (χ1v) is 7.58. The van der Waals surface area contributed by atoms with Crippen molar-refractivity contribution in [1.29, 1.82) is 0 Å². The normalized spacial score (nSPS) is 12.2. The van der Waals surface area contributed by atoms with Gasteiger partial charge >= 0.3 is 5.97 Å². The molecule has 0 fully saturated rings. The summed E-state index contributed by atoms with van der Waals surface area (Å²) in [7, 11) is 1.36. The maximum Gasteiger partial charge on any atom is 0.357 e. The summed E-state index contributed by atoms with van der Waals surface area (Å²) in [6.45, 7) is 6.31. The Balaban J connectivity index is 2.11. The average molecular weight is 296 g/mol. The molecule has 1 N–H and O–H groups in total. The number of nitrogens with zero attached hydrogens (tertiary/aromatic N) is 1. The Labute approximate surface area is 120 Å². The highest BCUT2D eigenvalue weighted by Gasteiger charge is 2.15. The van der Waals surface area contributed by atoms with Crippen molar-refractivity contribution in [1.82, 2.24) is 4.98 Å². The summed E-state index contributed by atoms with van der Waals surface area (Å²) in [5, 5.41) is 5.75.